The number of nitrogens with zero attached hydrogens (tertiary/aromatic N) is 4. The maximum absolute atomic E-state index is 10.5. The SMILES string of the molecule is COc1ccc(CN(C)CCc2c(C)n[nH]c2C)cc1OC[C@@H](O)CN1CCN(C)CC1. The maximum Gasteiger partial charge on any atom is 0.161 e. The highest BCUT2D eigenvalue weighted by atomic mass is 16.5. The van der Waals surface area contributed by atoms with Crippen molar-refractivity contribution in [3.05, 3.63) is 40.7 Å². The molecular weight excluding hydrogens is 406 g/mol. The lowest BCUT2D eigenvalue weighted by Crippen LogP contribution is -2.47. The highest BCUT2D eigenvalue weighted by molar-refractivity contribution is 5.43. The molecule has 0 radical (unpaired) electrons. The zero-order chi connectivity index (χ0) is 23.1. The molecule has 1 atom stereocenters. The molecule has 1 fully saturated rings. The molecule has 1 aliphatic rings. The van der Waals surface area contributed by atoms with Crippen molar-refractivity contribution in [3.8, 4) is 11.5 Å². The number of β-amino-alcohol motifs (C(OH)–C–C–N with tert-alkyl or cyclic N) is 1. The Morgan fingerprint density at radius 1 is 1.19 bits per heavy atom. The first-order chi connectivity index (χ1) is 15.4. The second kappa shape index (κ2) is 11.7. The van der Waals surface area contributed by atoms with Crippen LogP contribution in [0.25, 0.3) is 0 Å². The molecule has 1 aromatic heterocycles. The number of hydrogen-bond acceptors (Lipinski definition) is 7. The number of likely N-dealkylation sites (N-methyl/N-ethyl adjacent to an activating group) is 2. The summed E-state index contributed by atoms with van der Waals surface area (Å²) in [5.41, 5.74) is 4.67. The van der Waals surface area contributed by atoms with Gasteiger partial charge in [0.1, 0.15) is 12.7 Å². The third-order valence-corrected chi connectivity index (χ3v) is 6.20. The van der Waals surface area contributed by atoms with E-state index in [0.717, 1.165) is 62.6 Å². The van der Waals surface area contributed by atoms with E-state index in [1.807, 2.05) is 19.1 Å². The molecule has 0 amide bonds. The van der Waals surface area contributed by atoms with Crippen molar-refractivity contribution in [2.24, 2.45) is 0 Å². The Morgan fingerprint density at radius 3 is 2.59 bits per heavy atom. The van der Waals surface area contributed by atoms with Crippen LogP contribution in [0.1, 0.15) is 22.5 Å². The van der Waals surface area contributed by atoms with Gasteiger partial charge in [-0.25, -0.2) is 0 Å². The normalized spacial score (nSPS) is 16.5. The quantitative estimate of drug-likeness (QED) is 0.545. The number of ether oxygens (including phenoxy) is 2. The number of aromatic nitrogens is 2. The first-order valence-corrected chi connectivity index (χ1v) is 11.4. The molecule has 0 aliphatic carbocycles. The van der Waals surface area contributed by atoms with Crippen LogP contribution in [-0.4, -0.2) is 103 Å². The van der Waals surface area contributed by atoms with Crippen LogP contribution in [0.15, 0.2) is 18.2 Å². The van der Waals surface area contributed by atoms with Gasteiger partial charge in [-0.15, -0.1) is 0 Å². The highest BCUT2D eigenvalue weighted by Crippen LogP contribution is 2.28. The molecule has 0 bridgehead atoms. The molecule has 178 valence electrons. The number of nitrogens with one attached hydrogen (secondary N) is 1. The molecule has 0 spiro atoms. The van der Waals surface area contributed by atoms with Crippen molar-refractivity contribution in [1.29, 1.82) is 0 Å². The summed E-state index contributed by atoms with van der Waals surface area (Å²) in [6, 6.07) is 6.03. The molecule has 1 aromatic carbocycles. The number of piperazine rings is 1. The van der Waals surface area contributed by atoms with Gasteiger partial charge < -0.3 is 24.4 Å². The second-order valence-corrected chi connectivity index (χ2v) is 8.95. The van der Waals surface area contributed by atoms with E-state index < -0.39 is 6.10 Å². The first kappa shape index (κ1) is 24.5. The van der Waals surface area contributed by atoms with E-state index in [9.17, 15) is 5.11 Å². The van der Waals surface area contributed by atoms with Crippen LogP contribution >= 0.6 is 0 Å². The molecule has 1 aliphatic heterocycles. The van der Waals surface area contributed by atoms with Gasteiger partial charge in [0.15, 0.2) is 11.5 Å². The average molecular weight is 446 g/mol. The van der Waals surface area contributed by atoms with Crippen LogP contribution in [-0.2, 0) is 13.0 Å². The van der Waals surface area contributed by atoms with Crippen molar-refractivity contribution in [2.45, 2.75) is 32.9 Å². The number of rotatable bonds is 11. The summed E-state index contributed by atoms with van der Waals surface area (Å²) in [5.74, 6) is 1.37. The van der Waals surface area contributed by atoms with Crippen LogP contribution < -0.4 is 9.47 Å². The Balaban J connectivity index is 1.51. The standard InChI is InChI=1S/C24H39N5O3/c1-18-22(19(2)26-25-18)8-9-28(4)15-20-6-7-23(31-5)24(14-20)32-17-21(30)16-29-12-10-27(3)11-13-29/h6-7,14,21,30H,8-13,15-17H2,1-5H3,(H,25,26)/t21-/m0/s1. The Bertz CT molecular complexity index is 829. The lowest BCUT2D eigenvalue weighted by molar-refractivity contribution is 0.0497. The Hall–Kier alpha value is -2.13. The predicted molar refractivity (Wildman–Crippen MR) is 127 cm³/mol. The number of benzene rings is 1. The predicted octanol–water partition coefficient (Wildman–Crippen LogP) is 1.70. The second-order valence-electron chi connectivity index (χ2n) is 8.95. The largest absolute Gasteiger partial charge is 0.493 e. The molecule has 0 saturated carbocycles. The molecule has 8 heteroatoms. The molecule has 3 rings (SSSR count). The monoisotopic (exact) mass is 445 g/mol. The Morgan fingerprint density at radius 2 is 1.94 bits per heavy atom. The summed E-state index contributed by atoms with van der Waals surface area (Å²) in [6.45, 7) is 10.8. The van der Waals surface area contributed by atoms with Gasteiger partial charge in [0.2, 0.25) is 0 Å². The molecule has 2 aromatic rings. The third kappa shape index (κ3) is 6.93. The van der Waals surface area contributed by atoms with E-state index in [4.69, 9.17) is 9.47 Å². The van der Waals surface area contributed by atoms with Crippen LogP contribution in [0.4, 0.5) is 0 Å². The van der Waals surface area contributed by atoms with Gasteiger partial charge in [0.25, 0.3) is 0 Å². The third-order valence-electron chi connectivity index (χ3n) is 6.20. The summed E-state index contributed by atoms with van der Waals surface area (Å²) >= 11 is 0. The summed E-state index contributed by atoms with van der Waals surface area (Å²) < 4.78 is 11.5. The molecule has 32 heavy (non-hydrogen) atoms. The van der Waals surface area contributed by atoms with Gasteiger partial charge in [0.05, 0.1) is 12.8 Å². The van der Waals surface area contributed by atoms with E-state index in [0.29, 0.717) is 18.0 Å². The zero-order valence-corrected chi connectivity index (χ0v) is 20.2. The van der Waals surface area contributed by atoms with Gasteiger partial charge in [-0.3, -0.25) is 10.00 Å². The maximum atomic E-state index is 10.5. The highest BCUT2D eigenvalue weighted by Gasteiger charge is 2.18. The molecule has 0 unspecified atom stereocenters. The van der Waals surface area contributed by atoms with Gasteiger partial charge in [0, 0.05) is 51.5 Å². The van der Waals surface area contributed by atoms with Gasteiger partial charge in [-0.05, 0) is 57.6 Å². The molecule has 1 saturated heterocycles. The minimum atomic E-state index is -0.532. The van der Waals surface area contributed by atoms with Crippen LogP contribution in [0.3, 0.4) is 0 Å². The number of aromatic amines is 1. The van der Waals surface area contributed by atoms with E-state index in [2.05, 4.69) is 52.0 Å². The number of aryl methyl sites for hydroxylation is 2. The molecular formula is C24H39N5O3. The lowest BCUT2D eigenvalue weighted by Gasteiger charge is -2.33. The fraction of sp³-hybridized carbons (Fsp3) is 0.625. The molecule has 2 N–H and O–H groups in total. The number of hydrogen-bond donors (Lipinski definition) is 2. The zero-order valence-electron chi connectivity index (χ0n) is 20.2. The number of aliphatic hydroxyl groups excluding tert-OH is 1. The first-order valence-electron chi connectivity index (χ1n) is 11.4. The van der Waals surface area contributed by atoms with Crippen LogP contribution in [0.2, 0.25) is 0 Å². The van der Waals surface area contributed by atoms with Gasteiger partial charge >= 0.3 is 0 Å². The minimum Gasteiger partial charge on any atom is -0.493 e. The topological polar surface area (TPSA) is 77.1 Å². The number of H-pyrrole nitrogens is 1. The Kier molecular flexibility index (Phi) is 8.92. The fourth-order valence-corrected chi connectivity index (χ4v) is 4.14. The molecule has 8 nitrogen and oxygen atoms in total. The van der Waals surface area contributed by atoms with E-state index >= 15 is 0 Å². The van der Waals surface area contributed by atoms with Gasteiger partial charge in [-0.1, -0.05) is 6.07 Å². The average Bonchev–Trinajstić information content (AvgIpc) is 3.10. The fourth-order valence-electron chi connectivity index (χ4n) is 4.14. The van der Waals surface area contributed by atoms with E-state index in [1.54, 1.807) is 7.11 Å². The van der Waals surface area contributed by atoms with E-state index in [-0.39, 0.29) is 6.61 Å². The smallest absolute Gasteiger partial charge is 0.161 e. The van der Waals surface area contributed by atoms with Crippen molar-refractivity contribution < 1.29 is 14.6 Å². The summed E-state index contributed by atoms with van der Waals surface area (Å²) in [6.07, 6.45) is 0.429. The summed E-state index contributed by atoms with van der Waals surface area (Å²) in [7, 11) is 5.90. The van der Waals surface area contributed by atoms with Crippen molar-refractivity contribution in [2.75, 3.05) is 67.1 Å². The number of methoxy groups -OCH3 is 1. The van der Waals surface area contributed by atoms with Crippen molar-refractivity contribution >= 4 is 0 Å². The van der Waals surface area contributed by atoms with Crippen LogP contribution in [0.5, 0.6) is 11.5 Å². The lowest BCUT2D eigenvalue weighted by atomic mass is 10.1. The summed E-state index contributed by atoms with van der Waals surface area (Å²) in [4.78, 5) is 6.89. The van der Waals surface area contributed by atoms with Crippen molar-refractivity contribution in [1.82, 2.24) is 24.9 Å². The molecule has 2 heterocycles. The number of aliphatic hydroxyl groups is 1. The summed E-state index contributed by atoms with van der Waals surface area (Å²) in [5, 5.41) is 17.8. The minimum absolute atomic E-state index is 0.251. The van der Waals surface area contributed by atoms with E-state index in [1.165, 1.54) is 5.56 Å². The van der Waals surface area contributed by atoms with Crippen molar-refractivity contribution in [3.63, 3.8) is 0 Å². The van der Waals surface area contributed by atoms with Crippen LogP contribution in [0, 0.1) is 13.8 Å². The van der Waals surface area contributed by atoms with Gasteiger partial charge in [-0.2, -0.15) is 5.10 Å². The Labute approximate surface area is 192 Å².